The van der Waals surface area contributed by atoms with Crippen LogP contribution in [-0.4, -0.2) is 207 Å². The van der Waals surface area contributed by atoms with Crippen molar-refractivity contribution >= 4 is 113 Å². The van der Waals surface area contributed by atoms with Crippen LogP contribution in [0.3, 0.4) is 0 Å². The van der Waals surface area contributed by atoms with E-state index in [2.05, 4.69) is 25.7 Å². The molecule has 35 heteroatoms. The maximum absolute atomic E-state index is 12.6. The van der Waals surface area contributed by atoms with E-state index in [0.29, 0.717) is 54.6 Å². The first-order valence-corrected chi connectivity index (χ1v) is 36.4. The van der Waals surface area contributed by atoms with Crippen LogP contribution in [0.1, 0.15) is 196 Å². The first-order valence-electron chi connectivity index (χ1n) is 28.5. The number of hydrogen-bond donors (Lipinski definition) is 9. The zero-order valence-electron chi connectivity index (χ0n) is 50.5. The van der Waals surface area contributed by atoms with Gasteiger partial charge in [-0.3, -0.25) is 18.4 Å². The van der Waals surface area contributed by atoms with Crippen LogP contribution in [0.25, 0.3) is 0 Å². The van der Waals surface area contributed by atoms with Gasteiger partial charge in [0, 0.05) is 26.6 Å². The molecule has 13 atom stereocenters. The third-order valence-corrected chi connectivity index (χ3v) is 19.9. The zero-order valence-corrected chi connectivity index (χ0v) is 57.3. The number of amides is 1. The Labute approximate surface area is 709 Å². The van der Waals surface area contributed by atoms with Crippen LogP contribution in [0.15, 0.2) is 142 Å². The lowest BCUT2D eigenvalue weighted by atomic mass is 9.97. The molecule has 2 fully saturated rings. The molecule has 0 aromatic heterocycles. The maximum atomic E-state index is 12.6. The topological polar surface area (TPSA) is 340 Å². The molecule has 2 saturated heterocycles. The minimum Gasteiger partial charge on any atom is -0.431 e. The van der Waals surface area contributed by atoms with Crippen molar-refractivity contribution in [1.82, 2.24) is 24.7 Å². The first-order chi connectivity index (χ1) is 44.7. The minimum atomic E-state index is -1.79. The number of rotatable bonds is 33. The zero-order chi connectivity index (χ0) is 67.0. The van der Waals surface area contributed by atoms with Crippen LogP contribution in [-0.2, 0) is 65.6 Å². The molecule has 0 saturated carbocycles. The fourth-order valence-corrected chi connectivity index (χ4v) is 11.5. The van der Waals surface area contributed by atoms with Crippen molar-refractivity contribution in [3.8, 4) is 28.7 Å². The molecular formula is C78H151N10O17P4S4+3. The van der Waals surface area contributed by atoms with Gasteiger partial charge in [-0.15, -0.1) is 15.3 Å². The molecule has 0 radical (unpaired) electrons. The van der Waals surface area contributed by atoms with E-state index in [1.54, 1.807) is 128 Å². The number of unbranched alkanes of at least 4 members (excludes halogenated alkanes) is 1. The summed E-state index contributed by atoms with van der Waals surface area (Å²) in [6.07, 6.45) is -7.36. The molecule has 2 aliphatic rings. The van der Waals surface area contributed by atoms with Gasteiger partial charge in [0.2, 0.25) is 49.9 Å². The highest BCUT2D eigenvalue weighted by Gasteiger charge is 2.51. The average molecular weight is 1750 g/mol. The second-order valence-corrected chi connectivity index (χ2v) is 27.6. The molecule has 5 aromatic carbocycles. The molecule has 0 aliphatic carbocycles. The van der Waals surface area contributed by atoms with Crippen molar-refractivity contribution in [3.05, 3.63) is 149 Å². The summed E-state index contributed by atoms with van der Waals surface area (Å²) in [5.74, 6) is 2.63. The number of aliphatic hydroxyl groups excluding tert-OH is 7. The molecule has 0 spiro atoms. The second-order valence-electron chi connectivity index (χ2n) is 20.4. The van der Waals surface area contributed by atoms with Gasteiger partial charge in [0.1, 0.15) is 60.3 Å². The minimum absolute atomic E-state index is 0. The van der Waals surface area contributed by atoms with Crippen molar-refractivity contribution < 1.29 is 82.3 Å². The molecule has 1 amide bonds. The lowest BCUT2D eigenvalue weighted by molar-refractivity contribution is -0.367. The van der Waals surface area contributed by atoms with Gasteiger partial charge in [0.25, 0.3) is 5.17 Å². The summed E-state index contributed by atoms with van der Waals surface area (Å²) in [7, 11) is 2.38. The fourth-order valence-electron chi connectivity index (χ4n) is 8.32. The van der Waals surface area contributed by atoms with Gasteiger partial charge in [0.15, 0.2) is 29.8 Å². The Kier molecular flexibility index (Phi) is 87.3. The lowest BCUT2D eigenvalue weighted by Crippen LogP contribution is -2.64. The van der Waals surface area contributed by atoms with Crippen LogP contribution < -0.4 is 28.1 Å². The number of hydrazone groups is 4. The number of thiocarbonyl (C=S) groups is 1. The summed E-state index contributed by atoms with van der Waals surface area (Å²) in [5.41, 5.74) is 4.18. The van der Waals surface area contributed by atoms with Gasteiger partial charge in [-0.2, -0.15) is 5.10 Å². The van der Waals surface area contributed by atoms with E-state index in [-0.39, 0.29) is 181 Å². The maximum Gasteiger partial charge on any atom is 0.540 e. The smallest absolute Gasteiger partial charge is 0.431 e. The highest BCUT2D eigenvalue weighted by Crippen LogP contribution is 2.35. The van der Waals surface area contributed by atoms with Crippen molar-refractivity contribution in [2.75, 3.05) is 54.6 Å². The SMILES string of the molecule is C.C.C.C.C.C.C.C.C.C.C.C.C.C.C.C.C.C.C.C.CN(/N=C/c1ccc(O[P+](=S)N(C)/N=C/c2ccc(OP=N)cc2)cc1)C(=S)Oc1ccc(/C=N/N(C)[P+](=S)Oc2ccc(/C=N/N(C)[P+](=S)Oc3ccc(CCNC(=O)CCCCOC4OC(CO)C(O)C(O)C4OC4OC(CO)C(O)C(O)C4O)cc3)cc2)cc1. The van der Waals surface area contributed by atoms with Gasteiger partial charge < -0.3 is 69.3 Å². The molecule has 2 heterocycles. The van der Waals surface area contributed by atoms with Crippen LogP contribution >= 0.6 is 42.0 Å². The second kappa shape index (κ2) is 71.1. The van der Waals surface area contributed by atoms with E-state index in [1.807, 2.05) is 60.7 Å². The third-order valence-electron chi connectivity index (χ3n) is 13.6. The molecule has 9 N–H and O–H groups in total. The molecule has 27 nitrogen and oxygen atoms in total. The summed E-state index contributed by atoms with van der Waals surface area (Å²) in [4.78, 5) is 12.6. The van der Waals surface area contributed by atoms with Gasteiger partial charge in [-0.25, -0.2) is 10.2 Å². The normalized spacial score (nSPS) is 18.1. The Hall–Kier alpha value is -6.24. The molecule has 0 bridgehead atoms. The molecule has 113 heavy (non-hydrogen) atoms. The quantitative estimate of drug-likeness (QED) is 0.00619. The number of benzene rings is 5. The molecular weight excluding hydrogens is 1600 g/mol. The Bertz CT molecular complexity index is 3410. The van der Waals surface area contributed by atoms with E-state index >= 15 is 0 Å². The van der Waals surface area contributed by atoms with Crippen LogP contribution in [0.2, 0.25) is 0 Å². The van der Waals surface area contributed by atoms with E-state index in [9.17, 15) is 40.5 Å². The average Bonchev–Trinajstić information content (AvgIpc) is 0.787. The summed E-state index contributed by atoms with van der Waals surface area (Å²) in [5, 5.41) is 101. The Morgan fingerprint density at radius 1 is 0.487 bits per heavy atom. The van der Waals surface area contributed by atoms with E-state index < -0.39 is 95.8 Å². The molecule has 7 rings (SSSR count). The number of nitrogens with zero attached hydrogens (tertiary/aromatic N) is 8. The Morgan fingerprint density at radius 2 is 0.832 bits per heavy atom. The summed E-state index contributed by atoms with van der Waals surface area (Å²) < 4.78 is 56.1. The Morgan fingerprint density at radius 3 is 1.21 bits per heavy atom. The fraction of sp³-hybridized carbons (Fsp3) is 0.538. The number of hydrogen-bond acceptors (Lipinski definition) is 26. The Balaban J connectivity index is -0.000000408. The van der Waals surface area contributed by atoms with Crippen molar-refractivity contribution in [2.45, 2.75) is 236 Å². The van der Waals surface area contributed by atoms with E-state index in [0.717, 1.165) is 27.8 Å². The highest BCUT2D eigenvalue weighted by molar-refractivity contribution is 8.02. The predicted octanol–water partition coefficient (Wildman–Crippen LogP) is 18.9. The van der Waals surface area contributed by atoms with Gasteiger partial charge in [-0.05, 0) is 168 Å². The number of ether oxygens (including phenoxy) is 5. The van der Waals surface area contributed by atoms with E-state index in [4.69, 9.17) is 94.6 Å². The van der Waals surface area contributed by atoms with E-state index in [1.165, 1.54) is 5.01 Å². The number of carbonyl (C=O) groups excluding carboxylic acids is 1. The van der Waals surface area contributed by atoms with Crippen LogP contribution in [0.4, 0.5) is 0 Å². The monoisotopic (exact) mass is 1750 g/mol. The van der Waals surface area contributed by atoms with Crippen LogP contribution in [0, 0.1) is 5.16 Å². The van der Waals surface area contributed by atoms with Crippen molar-refractivity contribution in [2.24, 2.45) is 20.4 Å². The molecule has 13 unspecified atom stereocenters. The standard InChI is InChI=1S/C58H70N10O17P4S4.20CH4/c1-65(61-31-38-14-24-45(25-15-38)84-89(93)67(3)63-33-40-12-20-43(21-13-40)82-86-59)58(90)78-42-18-10-39(11-19-42)32-62-66(2)88(92)85-46-26-16-41(17-27-46)34-64-68(4)87(91)83-44-22-8-37(9-23-44)28-29-60-49(71)7-5-6-30-77-57-55(53(75)51(73)48(36-70)80-57)81-56-54(76)52(74)50(72)47(35-69)79-56;;;;;;;;;;;;;;;;;;;;/h8-27,31-34,47-48,50-57,59,69-70,72-76H,5-7,28-30,35-36H2,1-4H3;20*1H4/q+2;;;;;;;;;;;;;;;;;;;;/p+1/b61-31+,62-32+,63-33+,64-34+;;;;;;;;;;;;;;;;;;;;. The number of nitrogens with one attached hydrogen (secondary N) is 2. The van der Waals surface area contributed by atoms with Gasteiger partial charge >= 0.3 is 21.2 Å². The molecule has 656 valence electrons. The predicted molar refractivity (Wildman–Crippen MR) is 499 cm³/mol. The summed E-state index contributed by atoms with van der Waals surface area (Å²) >= 11 is 22.3. The van der Waals surface area contributed by atoms with Crippen molar-refractivity contribution in [3.63, 3.8) is 0 Å². The van der Waals surface area contributed by atoms with Gasteiger partial charge in [0.05, 0.1) is 59.2 Å². The number of aliphatic hydroxyl groups is 7. The third kappa shape index (κ3) is 44.1. The molecule has 5 aromatic rings. The number of carbonyl (C=O) groups is 1. The summed E-state index contributed by atoms with van der Waals surface area (Å²) in [6.45, 7) is -0.976. The lowest BCUT2D eigenvalue weighted by Gasteiger charge is -2.45. The molecule has 2 aliphatic heterocycles. The largest absolute Gasteiger partial charge is 0.540 e. The van der Waals surface area contributed by atoms with Crippen LogP contribution in [0.5, 0.6) is 28.7 Å². The van der Waals surface area contributed by atoms with Crippen molar-refractivity contribution in [1.29, 1.82) is 5.16 Å². The van der Waals surface area contributed by atoms with Gasteiger partial charge in [-0.1, -0.05) is 175 Å². The summed E-state index contributed by atoms with van der Waals surface area (Å²) in [6, 6.07) is 36.3. The highest BCUT2D eigenvalue weighted by atomic mass is 32.4. The first kappa shape index (κ1) is 139.